The third-order valence-electron chi connectivity index (χ3n) is 7.05. The highest BCUT2D eigenvalue weighted by Crippen LogP contribution is 2.35. The van der Waals surface area contributed by atoms with Gasteiger partial charge in [-0.05, 0) is 53.6 Å². The third-order valence-corrected chi connectivity index (χ3v) is 7.05. The van der Waals surface area contributed by atoms with Crippen molar-refractivity contribution >= 4 is 49.9 Å². The number of rotatable bonds is 4. The molecular formula is C32H22N2O. The molecule has 3 heteroatoms. The van der Waals surface area contributed by atoms with Gasteiger partial charge < -0.3 is 13.9 Å². The molecule has 2 heterocycles. The summed E-state index contributed by atoms with van der Waals surface area (Å²) in [7, 11) is 0. The molecule has 5 aromatic carbocycles. The summed E-state index contributed by atoms with van der Waals surface area (Å²) in [4.78, 5) is 11.4. The fraction of sp³-hybridized carbons (Fsp3) is 0.0312. The summed E-state index contributed by atoms with van der Waals surface area (Å²) in [6, 6.07) is 40.8. The first kappa shape index (κ1) is 19.8. The summed E-state index contributed by atoms with van der Waals surface area (Å²) >= 11 is 0. The molecule has 2 aromatic heterocycles. The number of benzene rings is 5. The van der Waals surface area contributed by atoms with Crippen molar-refractivity contribution in [2.24, 2.45) is 0 Å². The molecule has 0 unspecified atom stereocenters. The van der Waals surface area contributed by atoms with Gasteiger partial charge in [-0.15, -0.1) is 0 Å². The molecule has 0 N–H and O–H groups in total. The third kappa shape index (κ3) is 2.95. The van der Waals surface area contributed by atoms with E-state index in [-0.39, 0.29) is 0 Å². The number of aldehydes is 1. The lowest BCUT2D eigenvalue weighted by atomic mass is 10.0. The molecule has 0 bridgehead atoms. The number of hydrogen-bond donors (Lipinski definition) is 0. The smallest absolute Gasteiger partial charge is 0.139 e. The van der Waals surface area contributed by atoms with E-state index in [0.29, 0.717) is 6.54 Å². The summed E-state index contributed by atoms with van der Waals surface area (Å²) < 4.78 is 4.44. The molecule has 0 spiro atoms. The Morgan fingerprint density at radius 2 is 1.09 bits per heavy atom. The van der Waals surface area contributed by atoms with Crippen LogP contribution >= 0.6 is 0 Å². The zero-order chi connectivity index (χ0) is 23.4. The van der Waals surface area contributed by atoms with E-state index in [1.54, 1.807) is 0 Å². The minimum Gasteiger partial charge on any atom is -0.333 e. The van der Waals surface area contributed by atoms with Crippen LogP contribution in [-0.4, -0.2) is 15.4 Å². The van der Waals surface area contributed by atoms with Gasteiger partial charge in [0.1, 0.15) is 6.29 Å². The lowest BCUT2D eigenvalue weighted by Crippen LogP contribution is -1.97. The van der Waals surface area contributed by atoms with Crippen molar-refractivity contribution in [3.05, 3.63) is 115 Å². The van der Waals surface area contributed by atoms with Gasteiger partial charge in [0, 0.05) is 38.3 Å². The van der Waals surface area contributed by atoms with Crippen LogP contribution in [0.15, 0.2) is 115 Å². The highest BCUT2D eigenvalue weighted by Gasteiger charge is 2.14. The zero-order valence-corrected chi connectivity index (χ0v) is 19.1. The Hall–Kier alpha value is -4.63. The summed E-state index contributed by atoms with van der Waals surface area (Å²) in [5.74, 6) is 0. The van der Waals surface area contributed by atoms with Gasteiger partial charge in [-0.2, -0.15) is 0 Å². The van der Waals surface area contributed by atoms with Crippen LogP contribution in [0.25, 0.3) is 60.4 Å². The minimum absolute atomic E-state index is 0.354. The largest absolute Gasteiger partial charge is 0.333 e. The maximum Gasteiger partial charge on any atom is 0.139 e. The highest BCUT2D eigenvalue weighted by atomic mass is 16.1. The molecule has 0 fully saturated rings. The van der Waals surface area contributed by atoms with E-state index in [0.717, 1.165) is 28.6 Å². The normalized spacial score (nSPS) is 11.7. The van der Waals surface area contributed by atoms with E-state index in [1.807, 2.05) is 6.07 Å². The predicted octanol–water partition coefficient (Wildman–Crippen LogP) is 7.76. The molecule has 3 nitrogen and oxygen atoms in total. The van der Waals surface area contributed by atoms with Crippen molar-refractivity contribution in [3.63, 3.8) is 0 Å². The quantitative estimate of drug-likeness (QED) is 0.252. The molecule has 0 saturated carbocycles. The average Bonchev–Trinajstić information content (AvgIpc) is 3.42. The predicted molar refractivity (Wildman–Crippen MR) is 145 cm³/mol. The number of aromatic nitrogens is 2. The Morgan fingerprint density at radius 3 is 1.77 bits per heavy atom. The van der Waals surface area contributed by atoms with Gasteiger partial charge >= 0.3 is 0 Å². The van der Waals surface area contributed by atoms with E-state index >= 15 is 0 Å². The van der Waals surface area contributed by atoms with Crippen LogP contribution < -0.4 is 0 Å². The summed E-state index contributed by atoms with van der Waals surface area (Å²) in [6.45, 7) is 0.354. The molecule has 0 radical (unpaired) electrons. The average molecular weight is 451 g/mol. The Bertz CT molecular complexity index is 1850. The number of carbonyl (C=O) groups excluding carboxylic acids is 1. The number of para-hydroxylation sites is 3. The fourth-order valence-electron chi connectivity index (χ4n) is 5.53. The van der Waals surface area contributed by atoms with Gasteiger partial charge in [0.2, 0.25) is 0 Å². The van der Waals surface area contributed by atoms with E-state index < -0.39 is 0 Å². The van der Waals surface area contributed by atoms with Gasteiger partial charge in [0.15, 0.2) is 0 Å². The molecule has 0 atom stereocenters. The molecule has 0 amide bonds. The molecule has 7 aromatic rings. The summed E-state index contributed by atoms with van der Waals surface area (Å²) in [6.07, 6.45) is 0.967. The number of fused-ring (bicyclic) bond motifs is 6. The molecule has 0 saturated heterocycles. The Morgan fingerprint density at radius 1 is 0.514 bits per heavy atom. The standard InChI is InChI=1S/C32H22N2O/c35-19-18-33-29-13-4-1-12-27(29)28-21-23(16-17-30(28)33)22-8-7-9-24(20-22)34-31-14-5-2-10-25(31)26-11-3-6-15-32(26)34/h1-17,19-21H,18H2. The van der Waals surface area contributed by atoms with Crippen molar-refractivity contribution in [1.82, 2.24) is 9.13 Å². The van der Waals surface area contributed by atoms with Gasteiger partial charge in [0.25, 0.3) is 0 Å². The van der Waals surface area contributed by atoms with Crippen LogP contribution in [0.1, 0.15) is 0 Å². The van der Waals surface area contributed by atoms with E-state index in [4.69, 9.17) is 0 Å². The first-order valence-corrected chi connectivity index (χ1v) is 11.9. The number of nitrogens with zero attached hydrogens (tertiary/aromatic N) is 2. The van der Waals surface area contributed by atoms with Crippen LogP contribution in [-0.2, 0) is 11.3 Å². The minimum atomic E-state index is 0.354. The monoisotopic (exact) mass is 450 g/mol. The lowest BCUT2D eigenvalue weighted by Gasteiger charge is -2.11. The van der Waals surface area contributed by atoms with E-state index in [1.165, 1.54) is 38.1 Å². The molecule has 0 aliphatic rings. The Labute approximate surface area is 202 Å². The maximum absolute atomic E-state index is 11.4. The van der Waals surface area contributed by atoms with Crippen LogP contribution in [0.3, 0.4) is 0 Å². The second kappa shape index (κ2) is 7.71. The number of carbonyl (C=O) groups is 1. The van der Waals surface area contributed by atoms with Gasteiger partial charge in [-0.1, -0.05) is 72.8 Å². The molecule has 0 aliphatic heterocycles. The Balaban J connectivity index is 1.44. The van der Waals surface area contributed by atoms with Crippen molar-refractivity contribution in [2.45, 2.75) is 6.54 Å². The van der Waals surface area contributed by atoms with E-state index in [9.17, 15) is 4.79 Å². The summed E-state index contributed by atoms with van der Waals surface area (Å²) in [5, 5.41) is 4.86. The second-order valence-corrected chi connectivity index (χ2v) is 8.95. The van der Waals surface area contributed by atoms with Crippen LogP contribution in [0.5, 0.6) is 0 Å². The van der Waals surface area contributed by atoms with Crippen LogP contribution in [0.4, 0.5) is 0 Å². The fourth-order valence-corrected chi connectivity index (χ4v) is 5.53. The Kier molecular flexibility index (Phi) is 4.36. The molecule has 0 aliphatic carbocycles. The van der Waals surface area contributed by atoms with Gasteiger partial charge in [-0.3, -0.25) is 0 Å². The first-order chi connectivity index (χ1) is 17.3. The molecule has 166 valence electrons. The topological polar surface area (TPSA) is 26.9 Å². The van der Waals surface area contributed by atoms with Crippen molar-refractivity contribution in [2.75, 3.05) is 0 Å². The maximum atomic E-state index is 11.4. The first-order valence-electron chi connectivity index (χ1n) is 11.9. The van der Waals surface area contributed by atoms with Crippen molar-refractivity contribution in [1.29, 1.82) is 0 Å². The van der Waals surface area contributed by atoms with Crippen molar-refractivity contribution in [3.8, 4) is 16.8 Å². The summed E-state index contributed by atoms with van der Waals surface area (Å²) in [5.41, 5.74) is 8.05. The SMILES string of the molecule is O=CCn1c2ccccc2c2cc(-c3cccc(-n4c5ccccc5c5ccccc54)c3)ccc21. The van der Waals surface area contributed by atoms with Crippen LogP contribution in [0, 0.1) is 0 Å². The second-order valence-electron chi connectivity index (χ2n) is 8.95. The molecule has 7 rings (SSSR count). The lowest BCUT2D eigenvalue weighted by molar-refractivity contribution is -0.108. The molecular weight excluding hydrogens is 428 g/mol. The number of hydrogen-bond acceptors (Lipinski definition) is 1. The van der Waals surface area contributed by atoms with Gasteiger partial charge in [0.05, 0.1) is 17.6 Å². The van der Waals surface area contributed by atoms with Crippen LogP contribution in [0.2, 0.25) is 0 Å². The van der Waals surface area contributed by atoms with E-state index in [2.05, 4.69) is 118 Å². The molecule has 35 heavy (non-hydrogen) atoms. The highest BCUT2D eigenvalue weighted by molar-refractivity contribution is 6.10. The van der Waals surface area contributed by atoms with Crippen molar-refractivity contribution < 1.29 is 4.79 Å². The van der Waals surface area contributed by atoms with Gasteiger partial charge in [-0.25, -0.2) is 0 Å². The zero-order valence-electron chi connectivity index (χ0n) is 19.1.